The van der Waals surface area contributed by atoms with Crippen molar-refractivity contribution in [2.24, 2.45) is 0 Å². The summed E-state index contributed by atoms with van der Waals surface area (Å²) in [5, 5.41) is 7.57. The summed E-state index contributed by atoms with van der Waals surface area (Å²) in [6.45, 7) is 1.93. The monoisotopic (exact) mass is 162 g/mol. The number of halogens is 2. The molecule has 0 spiro atoms. The smallest absolute Gasteiger partial charge is 1.00 e. The number of hydrogen-bond acceptors (Lipinski definition) is 1. The molecule has 1 nitrogen and oxygen atoms in total. The second-order valence-corrected chi connectivity index (χ2v) is 0.316. The van der Waals surface area contributed by atoms with E-state index in [0.29, 0.717) is 0 Å². The molecule has 7 heavy (non-hydrogen) atoms. The van der Waals surface area contributed by atoms with Crippen LogP contribution in [0.25, 0.3) is 0 Å². The van der Waals surface area contributed by atoms with Gasteiger partial charge in [-0.25, -0.2) is 0 Å². The molecule has 0 heterocycles. The fraction of sp³-hybridized carbons (Fsp3) is 1.00. The third-order valence-corrected chi connectivity index (χ3v) is 0. The standard InChI is InChI=1S/C2H6O.2ClH.K.Li/c1-2-3;;;;/h3H,2H2,1H3;2*1H;;/q;;;2*+1/p-2. The van der Waals surface area contributed by atoms with Crippen LogP contribution in [0, 0.1) is 0 Å². The second kappa shape index (κ2) is 37.2. The maximum atomic E-state index is 7.57. The zero-order chi connectivity index (χ0) is 2.71. The van der Waals surface area contributed by atoms with Gasteiger partial charge in [0.15, 0.2) is 0 Å². The molecule has 5 heteroatoms. The van der Waals surface area contributed by atoms with Crippen LogP contribution in [0.4, 0.5) is 0 Å². The molecule has 0 saturated heterocycles. The van der Waals surface area contributed by atoms with E-state index in [1.54, 1.807) is 6.92 Å². The fourth-order valence-corrected chi connectivity index (χ4v) is 0. The molecule has 0 saturated carbocycles. The van der Waals surface area contributed by atoms with E-state index >= 15 is 0 Å². The van der Waals surface area contributed by atoms with E-state index < -0.39 is 0 Å². The minimum Gasteiger partial charge on any atom is -1.00 e. The van der Waals surface area contributed by atoms with Gasteiger partial charge in [0, 0.05) is 6.61 Å². The molecule has 0 aromatic heterocycles. The summed E-state index contributed by atoms with van der Waals surface area (Å²) in [6, 6.07) is 0. The van der Waals surface area contributed by atoms with Gasteiger partial charge in [0.05, 0.1) is 0 Å². The molecule has 0 aliphatic rings. The van der Waals surface area contributed by atoms with Gasteiger partial charge in [-0.2, -0.15) is 0 Å². The Morgan fingerprint density at radius 1 is 1.29 bits per heavy atom. The summed E-state index contributed by atoms with van der Waals surface area (Å²) in [7, 11) is 0. The largest absolute Gasteiger partial charge is 1.00 e. The normalized spacial score (nSPS) is 2.57. The van der Waals surface area contributed by atoms with Crippen molar-refractivity contribution in [3.8, 4) is 0 Å². The van der Waals surface area contributed by atoms with Crippen molar-refractivity contribution in [3.63, 3.8) is 0 Å². The van der Waals surface area contributed by atoms with E-state index in [0.717, 1.165) is 0 Å². The van der Waals surface area contributed by atoms with Gasteiger partial charge in [-0.05, 0) is 6.92 Å². The molecule has 0 aliphatic carbocycles. The zero-order valence-corrected chi connectivity index (χ0v) is 9.55. The number of hydrogen-bond donors (Lipinski definition) is 1. The Kier molecular flexibility index (Phi) is 176. The molecular formula is C2H6Cl2KLiO. The Bertz CT molecular complexity index is 15.7. The summed E-state index contributed by atoms with van der Waals surface area (Å²) in [4.78, 5) is 0. The molecule has 0 aromatic rings. The first kappa shape index (κ1) is 33.0. The average Bonchev–Trinajstić information content (AvgIpc) is 0.918. The molecule has 0 rings (SSSR count). The molecule has 1 N–H and O–H groups in total. The molecule has 0 unspecified atom stereocenters. The topological polar surface area (TPSA) is 20.2 Å². The van der Waals surface area contributed by atoms with Crippen LogP contribution in [0.2, 0.25) is 0 Å². The van der Waals surface area contributed by atoms with Gasteiger partial charge in [0.2, 0.25) is 0 Å². The van der Waals surface area contributed by atoms with E-state index in [-0.39, 0.29) is 102 Å². The Morgan fingerprint density at radius 3 is 1.29 bits per heavy atom. The summed E-state index contributed by atoms with van der Waals surface area (Å²) < 4.78 is 0. The maximum Gasteiger partial charge on any atom is 1.00 e. The van der Waals surface area contributed by atoms with Crippen LogP contribution in [-0.2, 0) is 0 Å². The molecule has 36 valence electrons. The van der Waals surface area contributed by atoms with Crippen molar-refractivity contribution >= 4 is 0 Å². The Balaban J connectivity index is -0.00000000333. The zero-order valence-electron chi connectivity index (χ0n) is 4.91. The third kappa shape index (κ3) is 52.3. The van der Waals surface area contributed by atoms with Crippen molar-refractivity contribution in [2.75, 3.05) is 6.61 Å². The van der Waals surface area contributed by atoms with Gasteiger partial charge in [0.1, 0.15) is 0 Å². The van der Waals surface area contributed by atoms with E-state index in [4.69, 9.17) is 5.11 Å². The van der Waals surface area contributed by atoms with Crippen LogP contribution in [-0.4, -0.2) is 11.7 Å². The van der Waals surface area contributed by atoms with Gasteiger partial charge in [-0.15, -0.1) is 0 Å². The molecule has 0 fully saturated rings. The van der Waals surface area contributed by atoms with Gasteiger partial charge in [-0.1, -0.05) is 0 Å². The summed E-state index contributed by atoms with van der Waals surface area (Å²) >= 11 is 0. The maximum absolute atomic E-state index is 7.57. The predicted molar refractivity (Wildman–Crippen MR) is 12.8 cm³/mol. The van der Waals surface area contributed by atoms with Crippen molar-refractivity contribution in [3.05, 3.63) is 0 Å². The quantitative estimate of drug-likeness (QED) is 0.351. The van der Waals surface area contributed by atoms with Gasteiger partial charge < -0.3 is 29.9 Å². The first-order valence-electron chi connectivity index (χ1n) is 1.02. The molecule has 0 amide bonds. The van der Waals surface area contributed by atoms with Gasteiger partial charge >= 0.3 is 70.2 Å². The molecular weight excluding hydrogens is 157 g/mol. The minimum absolute atomic E-state index is 0. The van der Waals surface area contributed by atoms with Crippen molar-refractivity contribution in [1.82, 2.24) is 0 Å². The molecule has 0 aliphatic heterocycles. The van der Waals surface area contributed by atoms with E-state index in [9.17, 15) is 0 Å². The van der Waals surface area contributed by atoms with E-state index in [2.05, 4.69) is 0 Å². The van der Waals surface area contributed by atoms with Crippen LogP contribution in [0.3, 0.4) is 0 Å². The Hall–Kier alpha value is 2.77. The van der Waals surface area contributed by atoms with Crippen molar-refractivity contribution < 1.29 is 100 Å². The average molecular weight is 163 g/mol. The predicted octanol–water partition coefficient (Wildman–Crippen LogP) is -12.0. The summed E-state index contributed by atoms with van der Waals surface area (Å²) in [5.74, 6) is 0. The van der Waals surface area contributed by atoms with Crippen LogP contribution in [0.5, 0.6) is 0 Å². The molecule has 0 bridgehead atoms. The summed E-state index contributed by atoms with van der Waals surface area (Å²) in [6.07, 6.45) is 0. The Morgan fingerprint density at radius 2 is 1.29 bits per heavy atom. The SMILES string of the molecule is CCO.[Cl-].[Cl-].[K+].[Li+]. The van der Waals surface area contributed by atoms with E-state index in [1.165, 1.54) is 0 Å². The molecule has 0 aromatic carbocycles. The molecule has 0 radical (unpaired) electrons. The van der Waals surface area contributed by atoms with Crippen molar-refractivity contribution in [1.29, 1.82) is 0 Å². The van der Waals surface area contributed by atoms with Crippen LogP contribution in [0.15, 0.2) is 0 Å². The van der Waals surface area contributed by atoms with Crippen molar-refractivity contribution in [2.45, 2.75) is 6.92 Å². The van der Waals surface area contributed by atoms with Crippen LogP contribution < -0.4 is 95.1 Å². The third-order valence-electron chi connectivity index (χ3n) is 0. The molecule has 0 atom stereocenters. The Labute approximate surface area is 111 Å². The van der Waals surface area contributed by atoms with Crippen LogP contribution >= 0.6 is 0 Å². The number of rotatable bonds is 0. The summed E-state index contributed by atoms with van der Waals surface area (Å²) in [5.41, 5.74) is 0. The van der Waals surface area contributed by atoms with Gasteiger partial charge in [-0.3, -0.25) is 0 Å². The number of aliphatic hydroxyl groups excluding tert-OH is 1. The first-order valence-corrected chi connectivity index (χ1v) is 1.02. The minimum atomic E-state index is 0. The number of aliphatic hydroxyl groups is 1. The van der Waals surface area contributed by atoms with Crippen LogP contribution in [0.1, 0.15) is 6.92 Å². The second-order valence-electron chi connectivity index (χ2n) is 0.316. The van der Waals surface area contributed by atoms with Gasteiger partial charge in [0.25, 0.3) is 0 Å². The first-order chi connectivity index (χ1) is 1.41. The van der Waals surface area contributed by atoms with E-state index in [1.807, 2.05) is 0 Å². The fourth-order valence-electron chi connectivity index (χ4n) is 0.